The van der Waals surface area contributed by atoms with Crippen LogP contribution in [0.25, 0.3) is 0 Å². The summed E-state index contributed by atoms with van der Waals surface area (Å²) in [5, 5.41) is 6.58. The lowest BCUT2D eigenvalue weighted by molar-refractivity contribution is -0.121. The zero-order valence-electron chi connectivity index (χ0n) is 12.8. The molecule has 3 nitrogen and oxygen atoms in total. The molecule has 120 valence electrons. The molecule has 1 saturated carbocycles. The van der Waals surface area contributed by atoms with Gasteiger partial charge in [0, 0.05) is 25.6 Å². The molecule has 0 aromatic heterocycles. The van der Waals surface area contributed by atoms with Crippen LogP contribution in [0.2, 0.25) is 0 Å². The van der Waals surface area contributed by atoms with Crippen LogP contribution in [0.15, 0.2) is 0 Å². The molecule has 0 aliphatic heterocycles. The molecular formula is C15H31ClN2OS. The Morgan fingerprint density at radius 2 is 1.80 bits per heavy atom. The zero-order valence-corrected chi connectivity index (χ0v) is 14.4. The van der Waals surface area contributed by atoms with E-state index in [2.05, 4.69) is 16.9 Å². The summed E-state index contributed by atoms with van der Waals surface area (Å²) in [6.45, 7) is 1.69. The molecule has 0 unspecified atom stereocenters. The second-order valence-electron chi connectivity index (χ2n) is 5.44. The van der Waals surface area contributed by atoms with E-state index >= 15 is 0 Å². The maximum Gasteiger partial charge on any atom is 0.220 e. The molecule has 0 heterocycles. The van der Waals surface area contributed by atoms with E-state index in [0.717, 1.165) is 31.7 Å². The third-order valence-electron chi connectivity index (χ3n) is 3.74. The second-order valence-corrected chi connectivity index (χ2v) is 6.43. The quantitative estimate of drug-likeness (QED) is 0.505. The minimum Gasteiger partial charge on any atom is -0.355 e. The first-order valence-electron chi connectivity index (χ1n) is 7.82. The molecular weight excluding hydrogens is 292 g/mol. The van der Waals surface area contributed by atoms with Gasteiger partial charge >= 0.3 is 0 Å². The number of halogens is 1. The van der Waals surface area contributed by atoms with E-state index in [1.165, 1.54) is 38.5 Å². The van der Waals surface area contributed by atoms with Crippen LogP contribution in [-0.2, 0) is 4.79 Å². The van der Waals surface area contributed by atoms with Gasteiger partial charge in [-0.2, -0.15) is 11.8 Å². The Kier molecular flexibility index (Phi) is 14.1. The standard InChI is InChI=1S/C15H30N2OS.ClH/c1-19-13-7-6-10-15(18)17-12-11-16-14-8-4-2-3-5-9-14;/h14,16H,2-13H2,1H3,(H,17,18);1H. The summed E-state index contributed by atoms with van der Waals surface area (Å²) in [6.07, 6.45) is 13.1. The molecule has 0 aromatic carbocycles. The summed E-state index contributed by atoms with van der Waals surface area (Å²) in [5.41, 5.74) is 0. The minimum atomic E-state index is 0. The lowest BCUT2D eigenvalue weighted by Gasteiger charge is -2.16. The van der Waals surface area contributed by atoms with Crippen LogP contribution in [-0.4, -0.2) is 37.0 Å². The number of amides is 1. The molecule has 1 rings (SSSR count). The Morgan fingerprint density at radius 1 is 1.10 bits per heavy atom. The average molecular weight is 323 g/mol. The van der Waals surface area contributed by atoms with Crippen molar-refractivity contribution in [3.63, 3.8) is 0 Å². The second kappa shape index (κ2) is 14.0. The fraction of sp³-hybridized carbons (Fsp3) is 0.933. The summed E-state index contributed by atoms with van der Waals surface area (Å²) in [6, 6.07) is 0.681. The Hall–Kier alpha value is 0.0700. The van der Waals surface area contributed by atoms with E-state index in [0.29, 0.717) is 12.5 Å². The molecule has 5 heteroatoms. The Morgan fingerprint density at radius 3 is 2.45 bits per heavy atom. The molecule has 1 amide bonds. The molecule has 0 atom stereocenters. The lowest BCUT2D eigenvalue weighted by Crippen LogP contribution is -2.36. The predicted octanol–water partition coefficient (Wildman–Crippen LogP) is 3.37. The van der Waals surface area contributed by atoms with Crippen LogP contribution < -0.4 is 10.6 Å². The fourth-order valence-corrected chi connectivity index (χ4v) is 3.07. The van der Waals surface area contributed by atoms with E-state index in [4.69, 9.17) is 0 Å². The Bertz CT molecular complexity index is 234. The number of hydrogen-bond acceptors (Lipinski definition) is 3. The molecule has 0 radical (unpaired) electrons. The van der Waals surface area contributed by atoms with Crippen LogP contribution in [0.4, 0.5) is 0 Å². The highest BCUT2D eigenvalue weighted by Crippen LogP contribution is 2.16. The summed E-state index contributed by atoms with van der Waals surface area (Å²) >= 11 is 1.85. The van der Waals surface area contributed by atoms with Crippen LogP contribution in [0.3, 0.4) is 0 Å². The smallest absolute Gasteiger partial charge is 0.220 e. The van der Waals surface area contributed by atoms with Gasteiger partial charge in [0.1, 0.15) is 0 Å². The molecule has 1 fully saturated rings. The van der Waals surface area contributed by atoms with E-state index in [9.17, 15) is 4.79 Å². The lowest BCUT2D eigenvalue weighted by atomic mass is 10.1. The van der Waals surface area contributed by atoms with Gasteiger partial charge < -0.3 is 10.6 Å². The highest BCUT2D eigenvalue weighted by Gasteiger charge is 2.10. The van der Waals surface area contributed by atoms with E-state index in [1.54, 1.807) is 0 Å². The SMILES string of the molecule is CSCCCCC(=O)NCCNC1CCCCCC1.Cl. The van der Waals surface area contributed by atoms with Crippen LogP contribution in [0.5, 0.6) is 0 Å². The van der Waals surface area contributed by atoms with Crippen LogP contribution >= 0.6 is 24.2 Å². The first kappa shape index (κ1) is 20.1. The first-order chi connectivity index (χ1) is 9.33. The van der Waals surface area contributed by atoms with E-state index in [1.807, 2.05) is 11.8 Å². The number of nitrogens with one attached hydrogen (secondary N) is 2. The molecule has 0 aromatic rings. The maximum absolute atomic E-state index is 11.6. The van der Waals surface area contributed by atoms with Gasteiger partial charge in [0.2, 0.25) is 5.91 Å². The Labute approximate surface area is 134 Å². The molecule has 2 N–H and O–H groups in total. The summed E-state index contributed by atoms with van der Waals surface area (Å²) in [7, 11) is 0. The third kappa shape index (κ3) is 10.8. The third-order valence-corrected chi connectivity index (χ3v) is 4.43. The number of carbonyl (C=O) groups is 1. The normalized spacial score (nSPS) is 16.2. The number of hydrogen-bond donors (Lipinski definition) is 2. The van der Waals surface area contributed by atoms with Gasteiger partial charge in [-0.3, -0.25) is 4.79 Å². The molecule has 20 heavy (non-hydrogen) atoms. The fourth-order valence-electron chi connectivity index (χ4n) is 2.58. The van der Waals surface area contributed by atoms with Gasteiger partial charge in [-0.15, -0.1) is 12.4 Å². The van der Waals surface area contributed by atoms with Gasteiger partial charge in [0.25, 0.3) is 0 Å². The highest BCUT2D eigenvalue weighted by atomic mass is 35.5. The van der Waals surface area contributed by atoms with Gasteiger partial charge in [-0.05, 0) is 37.7 Å². The van der Waals surface area contributed by atoms with Gasteiger partial charge in [0.15, 0.2) is 0 Å². The largest absolute Gasteiger partial charge is 0.355 e. The van der Waals surface area contributed by atoms with Crippen molar-refractivity contribution in [1.82, 2.24) is 10.6 Å². The monoisotopic (exact) mass is 322 g/mol. The highest BCUT2D eigenvalue weighted by molar-refractivity contribution is 7.98. The topological polar surface area (TPSA) is 41.1 Å². The summed E-state index contributed by atoms with van der Waals surface area (Å²) in [5.74, 6) is 1.38. The van der Waals surface area contributed by atoms with Gasteiger partial charge in [-0.25, -0.2) is 0 Å². The number of carbonyl (C=O) groups excluding carboxylic acids is 1. The van der Waals surface area contributed by atoms with Crippen molar-refractivity contribution < 1.29 is 4.79 Å². The van der Waals surface area contributed by atoms with Gasteiger partial charge in [0.05, 0.1) is 0 Å². The number of thioether (sulfide) groups is 1. The van der Waals surface area contributed by atoms with Gasteiger partial charge in [-0.1, -0.05) is 25.7 Å². The van der Waals surface area contributed by atoms with Crippen molar-refractivity contribution in [2.24, 2.45) is 0 Å². The molecule has 1 aliphatic carbocycles. The van der Waals surface area contributed by atoms with Crippen molar-refractivity contribution >= 4 is 30.1 Å². The maximum atomic E-state index is 11.6. The summed E-state index contributed by atoms with van der Waals surface area (Å²) < 4.78 is 0. The zero-order chi connectivity index (χ0) is 13.8. The predicted molar refractivity (Wildman–Crippen MR) is 92.0 cm³/mol. The number of unbranched alkanes of at least 4 members (excludes halogenated alkanes) is 1. The molecule has 0 spiro atoms. The van der Waals surface area contributed by atoms with Crippen LogP contribution in [0.1, 0.15) is 57.8 Å². The summed E-state index contributed by atoms with van der Waals surface area (Å²) in [4.78, 5) is 11.6. The number of rotatable bonds is 9. The van der Waals surface area contributed by atoms with E-state index < -0.39 is 0 Å². The van der Waals surface area contributed by atoms with Crippen molar-refractivity contribution in [2.45, 2.75) is 63.8 Å². The van der Waals surface area contributed by atoms with Crippen molar-refractivity contribution in [3.05, 3.63) is 0 Å². The van der Waals surface area contributed by atoms with Crippen molar-refractivity contribution in [1.29, 1.82) is 0 Å². The molecule has 0 saturated heterocycles. The van der Waals surface area contributed by atoms with Crippen molar-refractivity contribution in [2.75, 3.05) is 25.1 Å². The van der Waals surface area contributed by atoms with Crippen molar-refractivity contribution in [3.8, 4) is 0 Å². The molecule has 0 bridgehead atoms. The van der Waals surface area contributed by atoms with Crippen LogP contribution in [0, 0.1) is 0 Å². The average Bonchev–Trinajstić information content (AvgIpc) is 2.68. The first-order valence-corrected chi connectivity index (χ1v) is 9.21. The Balaban J connectivity index is 0.00000361. The van der Waals surface area contributed by atoms with E-state index in [-0.39, 0.29) is 18.3 Å². The molecule has 1 aliphatic rings. The minimum absolute atomic E-state index is 0.